The van der Waals surface area contributed by atoms with E-state index in [1.54, 1.807) is 0 Å². The molecule has 1 amide bonds. The highest BCUT2D eigenvalue weighted by atomic mass is 16.5. The summed E-state index contributed by atoms with van der Waals surface area (Å²) >= 11 is 0. The van der Waals surface area contributed by atoms with Gasteiger partial charge in [-0.05, 0) is 18.4 Å². The Morgan fingerprint density at radius 2 is 1.92 bits per heavy atom. The van der Waals surface area contributed by atoms with Crippen LogP contribution in [0.5, 0.6) is 0 Å². The lowest BCUT2D eigenvalue weighted by Gasteiger charge is -2.17. The number of amides is 1. The first-order valence-corrected chi connectivity index (χ1v) is 9.17. The number of aromatic nitrogens is 2. The number of hydrogen-bond acceptors (Lipinski definition) is 6. The van der Waals surface area contributed by atoms with Crippen molar-refractivity contribution < 1.29 is 13.9 Å². The van der Waals surface area contributed by atoms with Gasteiger partial charge in [0.2, 0.25) is 11.8 Å². The second-order valence-corrected chi connectivity index (χ2v) is 6.57. The fourth-order valence-corrected chi connectivity index (χ4v) is 3.17. The molecule has 7 heteroatoms. The Morgan fingerprint density at radius 3 is 2.62 bits per heavy atom. The van der Waals surface area contributed by atoms with Gasteiger partial charge >= 0.3 is 6.01 Å². The van der Waals surface area contributed by atoms with E-state index in [9.17, 15) is 4.79 Å². The molecule has 1 N–H and O–H groups in total. The maximum absolute atomic E-state index is 12.0. The first-order valence-electron chi connectivity index (χ1n) is 9.17. The molecule has 2 aromatic rings. The second kappa shape index (κ2) is 9.33. The molecule has 7 nitrogen and oxygen atoms in total. The molecule has 1 aliphatic heterocycles. The van der Waals surface area contributed by atoms with Gasteiger partial charge in [0.1, 0.15) is 12.6 Å². The molecule has 0 unspecified atom stereocenters. The van der Waals surface area contributed by atoms with E-state index in [4.69, 9.17) is 9.15 Å². The van der Waals surface area contributed by atoms with Gasteiger partial charge in [-0.3, -0.25) is 4.79 Å². The predicted molar refractivity (Wildman–Crippen MR) is 97.9 cm³/mol. The summed E-state index contributed by atoms with van der Waals surface area (Å²) in [5.41, 5.74) is 1.09. The average molecular weight is 358 g/mol. The number of nitrogens with one attached hydrogen (secondary N) is 1. The maximum Gasteiger partial charge on any atom is 0.318 e. The third-order valence-corrected chi connectivity index (χ3v) is 4.50. The Balaban J connectivity index is 1.75. The average Bonchev–Trinajstić information content (AvgIpc) is 2.98. The molecular weight excluding hydrogens is 332 g/mol. The van der Waals surface area contributed by atoms with Crippen molar-refractivity contribution in [3.05, 3.63) is 41.8 Å². The summed E-state index contributed by atoms with van der Waals surface area (Å²) < 4.78 is 10.9. The van der Waals surface area contributed by atoms with Crippen molar-refractivity contribution in [2.24, 2.45) is 0 Å². The van der Waals surface area contributed by atoms with Crippen LogP contribution < -0.4 is 10.2 Å². The summed E-state index contributed by atoms with van der Waals surface area (Å²) in [6, 6.07) is 10.1. The predicted octanol–water partition coefficient (Wildman–Crippen LogP) is 2.50. The van der Waals surface area contributed by atoms with E-state index >= 15 is 0 Å². The topological polar surface area (TPSA) is 80.5 Å². The summed E-state index contributed by atoms with van der Waals surface area (Å²) in [6.07, 6.45) is 5.33. The lowest BCUT2D eigenvalue weighted by molar-refractivity contribution is -0.125. The van der Waals surface area contributed by atoms with Crippen LogP contribution in [0.3, 0.4) is 0 Å². The minimum atomic E-state index is -0.381. The Hall–Kier alpha value is -2.41. The molecule has 0 saturated carbocycles. The van der Waals surface area contributed by atoms with Crippen molar-refractivity contribution in [3.63, 3.8) is 0 Å². The number of benzene rings is 1. The number of nitrogens with zero attached hydrogens (tertiary/aromatic N) is 3. The van der Waals surface area contributed by atoms with Gasteiger partial charge < -0.3 is 19.4 Å². The van der Waals surface area contributed by atoms with Crippen molar-refractivity contribution in [3.8, 4) is 0 Å². The first kappa shape index (κ1) is 18.4. The van der Waals surface area contributed by atoms with Gasteiger partial charge in [0.25, 0.3) is 0 Å². The normalized spacial score (nSPS) is 16.1. The second-order valence-electron chi connectivity index (χ2n) is 6.57. The van der Waals surface area contributed by atoms with E-state index < -0.39 is 0 Å². The standard InChI is InChI=1S/C19H26N4O3/c1-25-14-17(24)20-16(13-15-9-5-4-6-10-15)18-21-22-19(26-18)23-11-7-2-3-8-12-23/h4-6,9-10,16H,2-3,7-8,11-14H2,1H3,(H,20,24)/t16-/m1/s1. The van der Waals surface area contributed by atoms with E-state index in [0.717, 1.165) is 31.5 Å². The number of carbonyl (C=O) groups is 1. The Bertz CT molecular complexity index is 681. The van der Waals surface area contributed by atoms with E-state index in [1.807, 2.05) is 30.3 Å². The maximum atomic E-state index is 12.0. The molecule has 1 atom stereocenters. The summed E-state index contributed by atoms with van der Waals surface area (Å²) in [4.78, 5) is 14.2. The van der Waals surface area contributed by atoms with Crippen molar-refractivity contribution in [2.75, 3.05) is 31.7 Å². The SMILES string of the molecule is COCC(=O)N[C@H](Cc1ccccc1)c1nnc(N2CCCCCC2)o1. The molecule has 0 spiro atoms. The van der Waals surface area contributed by atoms with Crippen LogP contribution in [0.15, 0.2) is 34.7 Å². The molecule has 1 aliphatic rings. The zero-order valence-corrected chi connectivity index (χ0v) is 15.2. The van der Waals surface area contributed by atoms with E-state index in [0.29, 0.717) is 18.3 Å². The molecule has 1 fully saturated rings. The number of rotatable bonds is 7. The van der Waals surface area contributed by atoms with Gasteiger partial charge in [-0.2, -0.15) is 0 Å². The van der Waals surface area contributed by atoms with Crippen LogP contribution in [0.2, 0.25) is 0 Å². The minimum absolute atomic E-state index is 0.00158. The molecule has 0 bridgehead atoms. The molecule has 1 aromatic carbocycles. The van der Waals surface area contributed by atoms with Gasteiger partial charge in [-0.1, -0.05) is 48.3 Å². The van der Waals surface area contributed by atoms with Crippen molar-refractivity contribution in [1.29, 1.82) is 0 Å². The molecular formula is C19H26N4O3. The molecule has 140 valence electrons. The van der Waals surface area contributed by atoms with Crippen LogP contribution in [-0.2, 0) is 16.0 Å². The van der Waals surface area contributed by atoms with Crippen LogP contribution >= 0.6 is 0 Å². The molecule has 26 heavy (non-hydrogen) atoms. The Kier molecular flexibility index (Phi) is 6.60. The Morgan fingerprint density at radius 1 is 1.19 bits per heavy atom. The monoisotopic (exact) mass is 358 g/mol. The number of carbonyl (C=O) groups excluding carboxylic acids is 1. The first-order chi connectivity index (χ1) is 12.8. The third-order valence-electron chi connectivity index (χ3n) is 4.50. The molecule has 0 radical (unpaired) electrons. The van der Waals surface area contributed by atoms with Gasteiger partial charge in [0.05, 0.1) is 0 Å². The fourth-order valence-electron chi connectivity index (χ4n) is 3.17. The van der Waals surface area contributed by atoms with Gasteiger partial charge in [-0.15, -0.1) is 5.10 Å². The highest BCUT2D eigenvalue weighted by Crippen LogP contribution is 2.23. The molecule has 0 aliphatic carbocycles. The van der Waals surface area contributed by atoms with E-state index in [2.05, 4.69) is 20.4 Å². The molecule has 3 rings (SSSR count). The summed E-state index contributed by atoms with van der Waals surface area (Å²) in [7, 11) is 1.50. The smallest absolute Gasteiger partial charge is 0.318 e. The largest absolute Gasteiger partial charge is 0.406 e. The van der Waals surface area contributed by atoms with Crippen LogP contribution in [0.25, 0.3) is 0 Å². The van der Waals surface area contributed by atoms with Gasteiger partial charge in [0, 0.05) is 26.6 Å². The minimum Gasteiger partial charge on any atom is -0.406 e. The number of anilines is 1. The number of ether oxygens (including phenoxy) is 1. The van der Waals surface area contributed by atoms with Crippen LogP contribution in [-0.4, -0.2) is 42.9 Å². The quantitative estimate of drug-likeness (QED) is 0.819. The molecule has 2 heterocycles. The van der Waals surface area contributed by atoms with Gasteiger partial charge in [-0.25, -0.2) is 0 Å². The van der Waals surface area contributed by atoms with Crippen LogP contribution in [0, 0.1) is 0 Å². The molecule has 1 saturated heterocycles. The van der Waals surface area contributed by atoms with Crippen molar-refractivity contribution >= 4 is 11.9 Å². The van der Waals surface area contributed by atoms with Gasteiger partial charge in [0.15, 0.2) is 0 Å². The third kappa shape index (κ3) is 5.05. The van der Waals surface area contributed by atoms with Crippen molar-refractivity contribution in [1.82, 2.24) is 15.5 Å². The zero-order valence-electron chi connectivity index (χ0n) is 15.2. The van der Waals surface area contributed by atoms with Crippen LogP contribution in [0.4, 0.5) is 6.01 Å². The Labute approximate surface area is 153 Å². The lowest BCUT2D eigenvalue weighted by atomic mass is 10.1. The lowest BCUT2D eigenvalue weighted by Crippen LogP contribution is -2.32. The van der Waals surface area contributed by atoms with E-state index in [1.165, 1.54) is 20.0 Å². The summed E-state index contributed by atoms with van der Waals surface area (Å²) in [5, 5.41) is 11.4. The number of hydrogen-bond donors (Lipinski definition) is 1. The van der Waals surface area contributed by atoms with Crippen molar-refractivity contribution in [2.45, 2.75) is 38.1 Å². The molecule has 1 aromatic heterocycles. The number of methoxy groups -OCH3 is 1. The highest BCUT2D eigenvalue weighted by molar-refractivity contribution is 5.77. The highest BCUT2D eigenvalue weighted by Gasteiger charge is 2.23. The van der Waals surface area contributed by atoms with E-state index in [-0.39, 0.29) is 18.6 Å². The fraction of sp³-hybridized carbons (Fsp3) is 0.526. The zero-order chi connectivity index (χ0) is 18.2. The summed E-state index contributed by atoms with van der Waals surface area (Å²) in [5.74, 6) is 0.223. The van der Waals surface area contributed by atoms with Crippen LogP contribution in [0.1, 0.15) is 43.2 Å². The summed E-state index contributed by atoms with van der Waals surface area (Å²) in [6.45, 7) is 1.86.